The second-order valence-corrected chi connectivity index (χ2v) is 12.4. The molecule has 0 spiro atoms. The molecule has 2 heterocycles. The number of piperidine rings is 1. The van der Waals surface area contributed by atoms with Crippen LogP contribution in [-0.4, -0.2) is 75.2 Å². The van der Waals surface area contributed by atoms with Gasteiger partial charge in [-0.25, -0.2) is 12.7 Å². The van der Waals surface area contributed by atoms with Crippen molar-refractivity contribution in [3.63, 3.8) is 0 Å². The van der Waals surface area contributed by atoms with Gasteiger partial charge in [0.15, 0.2) is 0 Å². The van der Waals surface area contributed by atoms with Crippen LogP contribution < -0.4 is 4.74 Å². The van der Waals surface area contributed by atoms with Crippen LogP contribution in [0.5, 0.6) is 5.75 Å². The number of hydrogen-bond donors (Lipinski definition) is 0. The van der Waals surface area contributed by atoms with E-state index >= 15 is 0 Å². The molecule has 4 rings (SSSR count). The van der Waals surface area contributed by atoms with Crippen molar-refractivity contribution >= 4 is 15.8 Å². The van der Waals surface area contributed by atoms with Crippen LogP contribution in [0.2, 0.25) is 0 Å². The summed E-state index contributed by atoms with van der Waals surface area (Å²) >= 11 is 0. The van der Waals surface area contributed by atoms with Gasteiger partial charge in [-0.15, -0.1) is 0 Å². The molecule has 1 saturated heterocycles. The number of carbonyl (C=O) groups is 1. The predicted molar refractivity (Wildman–Crippen MR) is 142 cm³/mol. The lowest BCUT2D eigenvalue weighted by Crippen LogP contribution is -2.44. The summed E-state index contributed by atoms with van der Waals surface area (Å²) in [6.45, 7) is 7.91. The SMILES string of the molecule is COc1cc(C)c(S(=O)(=O)N(C)CCC(=O)Cc2ccc3c(c2)CN(C2CCCN(C)C2)C3)c(C)c1. The number of likely N-dealkylation sites (N-methyl/N-ethyl adjacent to an activating group) is 1. The fourth-order valence-corrected chi connectivity index (χ4v) is 7.16. The highest BCUT2D eigenvalue weighted by Gasteiger charge is 2.29. The number of sulfonamides is 1. The Kier molecular flexibility index (Phi) is 8.19. The summed E-state index contributed by atoms with van der Waals surface area (Å²) in [5.74, 6) is 0.675. The standard InChI is InChI=1S/C28H39N3O4S/c1-20-13-27(35-5)14-21(2)28(20)36(33,34)30(4)12-10-26(32)16-22-8-9-23-17-31(18-24(23)15-22)25-7-6-11-29(3)19-25/h8-9,13-15,25H,6-7,10-12,16-19H2,1-5H3. The molecule has 0 amide bonds. The van der Waals surface area contributed by atoms with Crippen LogP contribution in [0.15, 0.2) is 35.2 Å². The van der Waals surface area contributed by atoms with Crippen LogP contribution in [-0.2, 0) is 34.3 Å². The van der Waals surface area contributed by atoms with E-state index in [0.717, 1.165) is 25.2 Å². The second kappa shape index (κ2) is 11.0. The van der Waals surface area contributed by atoms with Gasteiger partial charge in [0.25, 0.3) is 0 Å². The molecule has 0 saturated carbocycles. The third-order valence-corrected chi connectivity index (χ3v) is 9.74. The molecule has 0 aliphatic carbocycles. The van der Waals surface area contributed by atoms with Crippen molar-refractivity contribution < 1.29 is 17.9 Å². The molecule has 2 aromatic carbocycles. The van der Waals surface area contributed by atoms with Crippen molar-refractivity contribution in [2.75, 3.05) is 40.8 Å². The number of ketones is 1. The van der Waals surface area contributed by atoms with Gasteiger partial charge in [-0.3, -0.25) is 9.69 Å². The number of rotatable bonds is 9. The fourth-order valence-electron chi connectivity index (χ4n) is 5.59. The number of likely N-dealkylation sites (tertiary alicyclic amines) is 1. The van der Waals surface area contributed by atoms with Crippen molar-refractivity contribution in [1.82, 2.24) is 14.1 Å². The lowest BCUT2D eigenvalue weighted by molar-refractivity contribution is -0.118. The predicted octanol–water partition coefficient (Wildman–Crippen LogP) is 3.54. The van der Waals surface area contributed by atoms with E-state index in [9.17, 15) is 13.2 Å². The molecule has 0 radical (unpaired) electrons. The lowest BCUT2D eigenvalue weighted by Gasteiger charge is -2.35. The summed E-state index contributed by atoms with van der Waals surface area (Å²) in [4.78, 5) is 18.1. The van der Waals surface area contributed by atoms with E-state index in [0.29, 0.717) is 29.3 Å². The molecule has 0 bridgehead atoms. The molecule has 1 unspecified atom stereocenters. The van der Waals surface area contributed by atoms with Gasteiger partial charge in [0.1, 0.15) is 11.5 Å². The normalized spacial score (nSPS) is 19.0. The third-order valence-electron chi connectivity index (χ3n) is 7.58. The van der Waals surface area contributed by atoms with E-state index < -0.39 is 10.0 Å². The molecule has 7 nitrogen and oxygen atoms in total. The smallest absolute Gasteiger partial charge is 0.243 e. The number of benzene rings is 2. The Morgan fingerprint density at radius 2 is 1.81 bits per heavy atom. The van der Waals surface area contributed by atoms with E-state index in [1.807, 2.05) is 0 Å². The summed E-state index contributed by atoms with van der Waals surface area (Å²) in [5.41, 5.74) is 4.96. The van der Waals surface area contributed by atoms with Crippen LogP contribution in [0.25, 0.3) is 0 Å². The molecule has 2 aliphatic rings. The number of Topliss-reactive ketones (excluding diaryl/α,β-unsaturated/α-hetero) is 1. The Hall–Kier alpha value is -2.26. The zero-order chi connectivity index (χ0) is 26.0. The average molecular weight is 514 g/mol. The molecule has 1 atom stereocenters. The molecule has 0 aromatic heterocycles. The number of hydrogen-bond acceptors (Lipinski definition) is 6. The molecule has 2 aliphatic heterocycles. The highest BCUT2D eigenvalue weighted by molar-refractivity contribution is 7.89. The van der Waals surface area contributed by atoms with Gasteiger partial charge in [0.2, 0.25) is 10.0 Å². The van der Waals surface area contributed by atoms with Gasteiger partial charge in [-0.1, -0.05) is 18.2 Å². The quantitative estimate of drug-likeness (QED) is 0.511. The van der Waals surface area contributed by atoms with E-state index in [2.05, 4.69) is 35.0 Å². The first-order valence-electron chi connectivity index (χ1n) is 12.7. The molecule has 196 valence electrons. The molecular formula is C28H39N3O4S. The minimum absolute atomic E-state index is 0.0453. The Morgan fingerprint density at radius 1 is 1.11 bits per heavy atom. The zero-order valence-electron chi connectivity index (χ0n) is 22.2. The summed E-state index contributed by atoms with van der Waals surface area (Å²) in [6.07, 6.45) is 3.00. The highest BCUT2D eigenvalue weighted by Crippen LogP contribution is 2.30. The summed E-state index contributed by atoms with van der Waals surface area (Å²) < 4.78 is 33.0. The summed E-state index contributed by atoms with van der Waals surface area (Å²) in [7, 11) is 1.59. The van der Waals surface area contributed by atoms with Crippen molar-refractivity contribution in [1.29, 1.82) is 0 Å². The van der Waals surface area contributed by atoms with Crippen molar-refractivity contribution in [3.05, 3.63) is 58.1 Å². The number of nitrogens with zero attached hydrogens (tertiary/aromatic N) is 3. The van der Waals surface area contributed by atoms with Crippen molar-refractivity contribution in [2.45, 2.75) is 63.6 Å². The van der Waals surface area contributed by atoms with Gasteiger partial charge in [0, 0.05) is 52.1 Å². The van der Waals surface area contributed by atoms with Crippen LogP contribution in [0.3, 0.4) is 0 Å². The zero-order valence-corrected chi connectivity index (χ0v) is 23.0. The van der Waals surface area contributed by atoms with Crippen LogP contribution in [0.4, 0.5) is 0 Å². The van der Waals surface area contributed by atoms with Crippen LogP contribution in [0.1, 0.15) is 47.1 Å². The molecule has 36 heavy (non-hydrogen) atoms. The number of carbonyl (C=O) groups excluding carboxylic acids is 1. The largest absolute Gasteiger partial charge is 0.497 e. The molecule has 0 N–H and O–H groups in total. The first kappa shape index (κ1) is 26.8. The van der Waals surface area contributed by atoms with Gasteiger partial charge in [0.05, 0.1) is 12.0 Å². The third kappa shape index (κ3) is 5.83. The van der Waals surface area contributed by atoms with E-state index in [1.54, 1.807) is 40.1 Å². The Morgan fingerprint density at radius 3 is 2.47 bits per heavy atom. The van der Waals surface area contributed by atoms with E-state index in [-0.39, 0.29) is 23.6 Å². The van der Waals surface area contributed by atoms with Crippen molar-refractivity contribution in [2.24, 2.45) is 0 Å². The maximum Gasteiger partial charge on any atom is 0.243 e. The first-order valence-corrected chi connectivity index (χ1v) is 14.2. The Bertz CT molecular complexity index is 1200. The van der Waals surface area contributed by atoms with Gasteiger partial charge in [-0.05, 0) is 80.2 Å². The van der Waals surface area contributed by atoms with Gasteiger partial charge in [-0.2, -0.15) is 0 Å². The molecule has 1 fully saturated rings. The Balaban J connectivity index is 1.34. The number of ether oxygens (including phenoxy) is 1. The van der Waals surface area contributed by atoms with E-state index in [4.69, 9.17) is 4.74 Å². The summed E-state index contributed by atoms with van der Waals surface area (Å²) in [5, 5.41) is 0. The van der Waals surface area contributed by atoms with Gasteiger partial charge >= 0.3 is 0 Å². The number of fused-ring (bicyclic) bond motifs is 1. The monoisotopic (exact) mass is 513 g/mol. The van der Waals surface area contributed by atoms with E-state index in [1.165, 1.54) is 34.8 Å². The summed E-state index contributed by atoms with van der Waals surface area (Å²) in [6, 6.07) is 10.4. The minimum Gasteiger partial charge on any atom is -0.497 e. The second-order valence-electron chi connectivity index (χ2n) is 10.4. The highest BCUT2D eigenvalue weighted by atomic mass is 32.2. The van der Waals surface area contributed by atoms with Gasteiger partial charge < -0.3 is 9.64 Å². The minimum atomic E-state index is -3.71. The maximum absolute atomic E-state index is 13.2. The fraction of sp³-hybridized carbons (Fsp3) is 0.536. The molecule has 2 aromatic rings. The number of aryl methyl sites for hydroxylation is 2. The molecule has 8 heteroatoms. The van der Waals surface area contributed by atoms with Crippen LogP contribution >= 0.6 is 0 Å². The number of methoxy groups -OCH3 is 1. The topological polar surface area (TPSA) is 70.2 Å². The maximum atomic E-state index is 13.2. The molecular weight excluding hydrogens is 474 g/mol. The Labute approximate surface area is 216 Å². The average Bonchev–Trinajstić information content (AvgIpc) is 3.25. The first-order chi connectivity index (χ1) is 17.1. The van der Waals surface area contributed by atoms with Crippen LogP contribution in [0, 0.1) is 13.8 Å². The van der Waals surface area contributed by atoms with Crippen molar-refractivity contribution in [3.8, 4) is 5.75 Å². The lowest BCUT2D eigenvalue weighted by atomic mass is 10.0.